The Morgan fingerprint density at radius 3 is 2.78 bits per heavy atom. The Hall–Kier alpha value is -0.210. The van der Waals surface area contributed by atoms with Crippen LogP contribution in [0, 0.1) is 0 Å². The van der Waals surface area contributed by atoms with E-state index in [1.54, 1.807) is 11.8 Å². The lowest BCUT2D eigenvalue weighted by Gasteiger charge is -1.99. The summed E-state index contributed by atoms with van der Waals surface area (Å²) in [6.07, 6.45) is 2.09. The first-order valence-corrected chi connectivity index (χ1v) is 3.80. The number of hydrogen-bond donors (Lipinski definition) is 1. The fraction of sp³-hybridized carbons (Fsp3) is 0.429. The van der Waals surface area contributed by atoms with Crippen molar-refractivity contribution in [1.29, 1.82) is 0 Å². The van der Waals surface area contributed by atoms with Crippen molar-refractivity contribution in [2.24, 2.45) is 0 Å². The largest absolute Gasteiger partial charge is 0.315 e. The van der Waals surface area contributed by atoms with Gasteiger partial charge in [0.05, 0.1) is 0 Å². The molecule has 0 fully saturated rings. The van der Waals surface area contributed by atoms with Crippen molar-refractivity contribution in [2.45, 2.75) is 6.92 Å². The van der Waals surface area contributed by atoms with E-state index >= 15 is 0 Å². The molecule has 9 heavy (non-hydrogen) atoms. The molecule has 0 spiro atoms. The van der Waals surface area contributed by atoms with Crippen molar-refractivity contribution in [3.8, 4) is 0 Å². The summed E-state index contributed by atoms with van der Waals surface area (Å²) in [6, 6.07) is 0. The van der Waals surface area contributed by atoms with E-state index in [0.717, 1.165) is 6.54 Å². The summed E-state index contributed by atoms with van der Waals surface area (Å²) in [5, 5.41) is 4.91. The third-order valence-corrected chi connectivity index (χ3v) is 1.76. The molecule has 0 rings (SSSR count). The van der Waals surface area contributed by atoms with Gasteiger partial charge in [-0.3, -0.25) is 0 Å². The summed E-state index contributed by atoms with van der Waals surface area (Å²) < 4.78 is 0. The summed E-state index contributed by atoms with van der Waals surface area (Å²) in [5.41, 5.74) is 0. The Bertz CT molecular complexity index is 107. The van der Waals surface area contributed by atoms with Crippen LogP contribution in [0.4, 0.5) is 0 Å². The highest BCUT2D eigenvalue weighted by Gasteiger charge is 1.88. The van der Waals surface area contributed by atoms with E-state index in [0.29, 0.717) is 0 Å². The SMILES string of the molecule is C=CS/C(=C\C)CNC. The number of rotatable bonds is 4. The van der Waals surface area contributed by atoms with Gasteiger partial charge in [-0.15, -0.1) is 11.8 Å². The second-order valence-electron chi connectivity index (χ2n) is 1.57. The van der Waals surface area contributed by atoms with Crippen LogP contribution in [0.1, 0.15) is 6.92 Å². The summed E-state index contributed by atoms with van der Waals surface area (Å²) in [7, 11) is 1.94. The van der Waals surface area contributed by atoms with Crippen LogP contribution in [0.3, 0.4) is 0 Å². The molecular formula is C7H13NS. The van der Waals surface area contributed by atoms with E-state index in [1.807, 2.05) is 19.4 Å². The molecule has 1 nitrogen and oxygen atoms in total. The second kappa shape index (κ2) is 5.92. The standard InChI is InChI=1S/C7H13NS/c1-4-7(6-8-3)9-5-2/h4-5,8H,2,6H2,1,3H3/b7-4-. The maximum Gasteiger partial charge on any atom is 0.0262 e. The second-order valence-corrected chi connectivity index (χ2v) is 2.66. The predicted octanol–water partition coefficient (Wildman–Crippen LogP) is 1.99. The summed E-state index contributed by atoms with van der Waals surface area (Å²) in [4.78, 5) is 1.31. The molecule has 0 atom stereocenters. The highest BCUT2D eigenvalue weighted by atomic mass is 32.2. The number of allylic oxidation sites excluding steroid dienone is 1. The highest BCUT2D eigenvalue weighted by molar-refractivity contribution is 8.05. The van der Waals surface area contributed by atoms with Crippen molar-refractivity contribution < 1.29 is 0 Å². The van der Waals surface area contributed by atoms with Crippen molar-refractivity contribution in [3.05, 3.63) is 23.0 Å². The summed E-state index contributed by atoms with van der Waals surface area (Å²) in [6.45, 7) is 6.59. The Morgan fingerprint density at radius 2 is 2.44 bits per heavy atom. The van der Waals surface area contributed by atoms with E-state index in [4.69, 9.17) is 0 Å². The van der Waals surface area contributed by atoms with Crippen LogP contribution < -0.4 is 5.32 Å². The van der Waals surface area contributed by atoms with Gasteiger partial charge in [0.15, 0.2) is 0 Å². The van der Waals surface area contributed by atoms with Crippen molar-refractivity contribution in [3.63, 3.8) is 0 Å². The molecular weight excluding hydrogens is 130 g/mol. The molecule has 0 bridgehead atoms. The molecule has 0 saturated carbocycles. The zero-order valence-corrected chi connectivity index (χ0v) is 6.79. The van der Waals surface area contributed by atoms with Crippen LogP contribution in [-0.2, 0) is 0 Å². The molecule has 0 aliphatic heterocycles. The zero-order valence-electron chi connectivity index (χ0n) is 5.98. The Morgan fingerprint density at radius 1 is 1.78 bits per heavy atom. The zero-order chi connectivity index (χ0) is 7.11. The maximum absolute atomic E-state index is 3.63. The lowest BCUT2D eigenvalue weighted by atomic mass is 10.5. The first-order chi connectivity index (χ1) is 4.35. The van der Waals surface area contributed by atoms with E-state index in [1.165, 1.54) is 4.91 Å². The molecule has 52 valence electrons. The minimum absolute atomic E-state index is 0.938. The number of likely N-dealkylation sites (N-methyl/N-ethyl adjacent to an activating group) is 1. The molecule has 0 aromatic rings. The molecule has 0 aromatic heterocycles. The third kappa shape index (κ3) is 4.30. The van der Waals surface area contributed by atoms with Gasteiger partial charge in [-0.25, -0.2) is 0 Å². The number of thioether (sulfide) groups is 1. The van der Waals surface area contributed by atoms with Gasteiger partial charge < -0.3 is 5.32 Å². The molecule has 0 aliphatic rings. The minimum Gasteiger partial charge on any atom is -0.315 e. The molecule has 0 radical (unpaired) electrons. The van der Waals surface area contributed by atoms with Gasteiger partial charge >= 0.3 is 0 Å². The molecule has 0 heterocycles. The normalized spacial score (nSPS) is 11.6. The maximum atomic E-state index is 3.63. The monoisotopic (exact) mass is 143 g/mol. The van der Waals surface area contributed by atoms with Gasteiger partial charge in [0.1, 0.15) is 0 Å². The molecule has 0 saturated heterocycles. The van der Waals surface area contributed by atoms with Gasteiger partial charge in [0.25, 0.3) is 0 Å². The van der Waals surface area contributed by atoms with E-state index in [-0.39, 0.29) is 0 Å². The molecule has 1 N–H and O–H groups in total. The lowest BCUT2D eigenvalue weighted by Crippen LogP contribution is -2.07. The molecule has 2 heteroatoms. The lowest BCUT2D eigenvalue weighted by molar-refractivity contribution is 0.910. The third-order valence-electron chi connectivity index (χ3n) is 0.908. The van der Waals surface area contributed by atoms with Gasteiger partial charge in [-0.05, 0) is 24.3 Å². The fourth-order valence-corrected chi connectivity index (χ4v) is 1.07. The minimum atomic E-state index is 0.938. The van der Waals surface area contributed by atoms with Gasteiger partial charge in [-0.1, -0.05) is 12.7 Å². The fourth-order valence-electron chi connectivity index (χ4n) is 0.493. The topological polar surface area (TPSA) is 12.0 Å². The molecule has 0 aromatic carbocycles. The van der Waals surface area contributed by atoms with Gasteiger partial charge in [0, 0.05) is 6.54 Å². The Kier molecular flexibility index (Phi) is 5.78. The molecule has 0 aliphatic carbocycles. The first-order valence-electron chi connectivity index (χ1n) is 2.92. The van der Waals surface area contributed by atoms with E-state index < -0.39 is 0 Å². The average molecular weight is 143 g/mol. The highest BCUT2D eigenvalue weighted by Crippen LogP contribution is 2.13. The van der Waals surface area contributed by atoms with Crippen LogP contribution in [0.25, 0.3) is 0 Å². The van der Waals surface area contributed by atoms with Crippen molar-refractivity contribution >= 4 is 11.8 Å². The van der Waals surface area contributed by atoms with Crippen molar-refractivity contribution in [1.82, 2.24) is 5.32 Å². The Balaban J connectivity index is 3.55. The van der Waals surface area contributed by atoms with Crippen LogP contribution in [0.5, 0.6) is 0 Å². The predicted molar refractivity (Wildman–Crippen MR) is 45.5 cm³/mol. The quantitative estimate of drug-likeness (QED) is 0.646. The smallest absolute Gasteiger partial charge is 0.0262 e. The number of hydrogen-bond acceptors (Lipinski definition) is 2. The van der Waals surface area contributed by atoms with Crippen LogP contribution in [0.15, 0.2) is 23.0 Å². The molecule has 0 unspecified atom stereocenters. The molecule has 0 amide bonds. The summed E-state index contributed by atoms with van der Waals surface area (Å²) in [5.74, 6) is 0. The summed E-state index contributed by atoms with van der Waals surface area (Å²) >= 11 is 1.66. The first kappa shape index (κ1) is 8.79. The van der Waals surface area contributed by atoms with Crippen molar-refractivity contribution in [2.75, 3.05) is 13.6 Å². The number of nitrogens with one attached hydrogen (secondary N) is 1. The van der Waals surface area contributed by atoms with E-state index in [9.17, 15) is 0 Å². The van der Waals surface area contributed by atoms with Gasteiger partial charge in [-0.2, -0.15) is 0 Å². The Labute approximate surface area is 61.2 Å². The van der Waals surface area contributed by atoms with Crippen LogP contribution >= 0.6 is 11.8 Å². The van der Waals surface area contributed by atoms with E-state index in [2.05, 4.69) is 18.0 Å². The van der Waals surface area contributed by atoms with Crippen LogP contribution in [-0.4, -0.2) is 13.6 Å². The van der Waals surface area contributed by atoms with Gasteiger partial charge in [0.2, 0.25) is 0 Å². The average Bonchev–Trinajstić information content (AvgIpc) is 1.88. The van der Waals surface area contributed by atoms with Crippen LogP contribution in [0.2, 0.25) is 0 Å².